The molecule has 0 aromatic heterocycles. The van der Waals surface area contributed by atoms with Gasteiger partial charge in [0.15, 0.2) is 0 Å². The van der Waals surface area contributed by atoms with Gasteiger partial charge >= 0.3 is 0 Å². The van der Waals surface area contributed by atoms with E-state index in [-0.39, 0.29) is 18.3 Å². The Morgan fingerprint density at radius 1 is 1.14 bits per heavy atom. The second-order valence-electron chi connectivity index (χ2n) is 6.71. The molecule has 1 saturated heterocycles. The molecule has 2 aliphatic rings. The van der Waals surface area contributed by atoms with E-state index < -0.39 is 0 Å². The van der Waals surface area contributed by atoms with Crippen molar-refractivity contribution in [2.75, 3.05) is 13.1 Å². The first-order chi connectivity index (χ1) is 10.3. The minimum absolute atomic E-state index is 0. The summed E-state index contributed by atoms with van der Waals surface area (Å²) in [4.78, 5) is 14.7. The molecule has 1 aliphatic carbocycles. The lowest BCUT2D eigenvalue weighted by Gasteiger charge is -2.30. The Labute approximate surface area is 140 Å². The minimum atomic E-state index is 0. The van der Waals surface area contributed by atoms with Crippen LogP contribution in [-0.4, -0.2) is 23.9 Å². The number of carbonyl (C=O) groups is 1. The lowest BCUT2D eigenvalue weighted by Crippen LogP contribution is -2.40. The molecule has 1 saturated carbocycles. The average molecular weight is 322 g/mol. The standard InChI is InChI=1S/C19H27NO.ClH/c1-2-16(19(21)20-12-4-3-5-13-20)14-15-6-8-17(9-7-15)18-10-11-18;/h6-9,16,18H,2-5,10-14H2,1H3;1H. The highest BCUT2D eigenvalue weighted by Crippen LogP contribution is 2.40. The predicted octanol–water partition coefficient (Wildman–Crippen LogP) is 4.57. The van der Waals surface area contributed by atoms with Gasteiger partial charge in [-0.3, -0.25) is 4.79 Å². The molecule has 122 valence electrons. The topological polar surface area (TPSA) is 20.3 Å². The number of hydrogen-bond acceptors (Lipinski definition) is 1. The molecular formula is C19H28ClNO. The van der Waals surface area contributed by atoms with Gasteiger partial charge in [0.25, 0.3) is 0 Å². The second-order valence-corrected chi connectivity index (χ2v) is 6.71. The molecule has 0 bridgehead atoms. The maximum Gasteiger partial charge on any atom is 0.226 e. The molecule has 0 radical (unpaired) electrons. The summed E-state index contributed by atoms with van der Waals surface area (Å²) in [5.41, 5.74) is 2.80. The van der Waals surface area contributed by atoms with Crippen molar-refractivity contribution in [1.82, 2.24) is 4.90 Å². The Morgan fingerprint density at radius 3 is 2.32 bits per heavy atom. The monoisotopic (exact) mass is 321 g/mol. The van der Waals surface area contributed by atoms with E-state index in [9.17, 15) is 4.79 Å². The van der Waals surface area contributed by atoms with Crippen LogP contribution in [0.2, 0.25) is 0 Å². The Morgan fingerprint density at radius 2 is 1.77 bits per heavy atom. The number of nitrogens with zero attached hydrogens (tertiary/aromatic N) is 1. The SMILES string of the molecule is CCC(Cc1ccc(C2CC2)cc1)C(=O)N1CCCCC1.Cl. The van der Waals surface area contributed by atoms with Crippen LogP contribution in [0, 0.1) is 5.92 Å². The van der Waals surface area contributed by atoms with Gasteiger partial charge in [-0.25, -0.2) is 0 Å². The van der Waals surface area contributed by atoms with Gasteiger partial charge in [0.2, 0.25) is 5.91 Å². The number of benzene rings is 1. The highest BCUT2D eigenvalue weighted by molar-refractivity contribution is 5.85. The fourth-order valence-corrected chi connectivity index (χ4v) is 3.41. The van der Waals surface area contributed by atoms with Gasteiger partial charge in [-0.2, -0.15) is 0 Å². The van der Waals surface area contributed by atoms with Gasteiger partial charge in [-0.1, -0.05) is 31.2 Å². The van der Waals surface area contributed by atoms with Crippen LogP contribution in [0.1, 0.15) is 62.5 Å². The van der Waals surface area contributed by atoms with Crippen LogP contribution in [0.5, 0.6) is 0 Å². The molecular weight excluding hydrogens is 294 g/mol. The van der Waals surface area contributed by atoms with E-state index in [4.69, 9.17) is 0 Å². The summed E-state index contributed by atoms with van der Waals surface area (Å²) in [6.45, 7) is 4.08. The number of rotatable bonds is 5. The van der Waals surface area contributed by atoms with Crippen LogP contribution >= 0.6 is 12.4 Å². The highest BCUT2D eigenvalue weighted by atomic mass is 35.5. The number of piperidine rings is 1. The highest BCUT2D eigenvalue weighted by Gasteiger charge is 2.25. The van der Waals surface area contributed by atoms with Crippen LogP contribution in [-0.2, 0) is 11.2 Å². The summed E-state index contributed by atoms with van der Waals surface area (Å²) in [6, 6.07) is 9.01. The fraction of sp³-hybridized carbons (Fsp3) is 0.632. The van der Waals surface area contributed by atoms with Gasteiger partial charge < -0.3 is 4.90 Å². The number of amides is 1. The molecule has 3 heteroatoms. The van der Waals surface area contributed by atoms with E-state index >= 15 is 0 Å². The van der Waals surface area contributed by atoms with Gasteiger partial charge in [0.1, 0.15) is 0 Å². The lowest BCUT2D eigenvalue weighted by molar-refractivity contribution is -0.136. The number of halogens is 1. The Balaban J connectivity index is 0.00000176. The summed E-state index contributed by atoms with van der Waals surface area (Å²) in [7, 11) is 0. The van der Waals surface area contributed by atoms with E-state index in [2.05, 4.69) is 36.1 Å². The van der Waals surface area contributed by atoms with Gasteiger partial charge in [0.05, 0.1) is 0 Å². The van der Waals surface area contributed by atoms with Gasteiger partial charge in [0, 0.05) is 19.0 Å². The molecule has 0 spiro atoms. The molecule has 22 heavy (non-hydrogen) atoms. The summed E-state index contributed by atoms with van der Waals surface area (Å²) >= 11 is 0. The fourth-order valence-electron chi connectivity index (χ4n) is 3.41. The van der Waals surface area contributed by atoms with Crippen LogP contribution < -0.4 is 0 Å². The van der Waals surface area contributed by atoms with E-state index in [1.807, 2.05) is 0 Å². The van der Waals surface area contributed by atoms with Crippen molar-refractivity contribution in [2.45, 2.75) is 57.8 Å². The lowest BCUT2D eigenvalue weighted by atomic mass is 9.93. The maximum atomic E-state index is 12.6. The summed E-state index contributed by atoms with van der Waals surface area (Å²) in [6.07, 6.45) is 8.19. The predicted molar refractivity (Wildman–Crippen MR) is 93.6 cm³/mol. The molecule has 3 rings (SSSR count). The largest absolute Gasteiger partial charge is 0.342 e. The molecule has 1 amide bonds. The van der Waals surface area contributed by atoms with Crippen LogP contribution in [0.15, 0.2) is 24.3 Å². The summed E-state index contributed by atoms with van der Waals surface area (Å²) < 4.78 is 0. The van der Waals surface area contributed by atoms with Crippen molar-refractivity contribution in [3.63, 3.8) is 0 Å². The average Bonchev–Trinajstić information content (AvgIpc) is 3.38. The van der Waals surface area contributed by atoms with Crippen molar-refractivity contribution in [3.05, 3.63) is 35.4 Å². The smallest absolute Gasteiger partial charge is 0.226 e. The first kappa shape index (κ1) is 17.3. The van der Waals surface area contributed by atoms with E-state index in [1.165, 1.54) is 43.2 Å². The zero-order chi connectivity index (χ0) is 14.7. The van der Waals surface area contributed by atoms with Gasteiger partial charge in [-0.05, 0) is 62.0 Å². The molecule has 1 aromatic carbocycles. The molecule has 1 aromatic rings. The third-order valence-corrected chi connectivity index (χ3v) is 5.02. The number of carbonyl (C=O) groups excluding carboxylic acids is 1. The first-order valence-corrected chi connectivity index (χ1v) is 8.65. The Hall–Kier alpha value is -1.02. The van der Waals surface area contributed by atoms with Crippen molar-refractivity contribution in [2.24, 2.45) is 5.92 Å². The molecule has 1 heterocycles. The molecule has 1 atom stereocenters. The van der Waals surface area contributed by atoms with Crippen molar-refractivity contribution >= 4 is 18.3 Å². The van der Waals surface area contributed by atoms with Crippen LogP contribution in [0.25, 0.3) is 0 Å². The Kier molecular flexibility index (Phi) is 6.31. The van der Waals surface area contributed by atoms with Crippen molar-refractivity contribution in [1.29, 1.82) is 0 Å². The minimum Gasteiger partial charge on any atom is -0.342 e. The third-order valence-electron chi connectivity index (χ3n) is 5.02. The molecule has 2 fully saturated rings. The summed E-state index contributed by atoms with van der Waals surface area (Å²) in [5.74, 6) is 1.36. The van der Waals surface area contributed by atoms with E-state index in [0.717, 1.165) is 31.8 Å². The first-order valence-electron chi connectivity index (χ1n) is 8.65. The normalized spacial score (nSPS) is 19.4. The van der Waals surface area contributed by atoms with E-state index in [0.29, 0.717) is 5.91 Å². The zero-order valence-corrected chi connectivity index (χ0v) is 14.4. The molecule has 2 nitrogen and oxygen atoms in total. The number of hydrogen-bond donors (Lipinski definition) is 0. The molecule has 1 unspecified atom stereocenters. The molecule has 0 N–H and O–H groups in total. The van der Waals surface area contributed by atoms with Gasteiger partial charge in [-0.15, -0.1) is 12.4 Å². The summed E-state index contributed by atoms with van der Waals surface area (Å²) in [5, 5.41) is 0. The quantitative estimate of drug-likeness (QED) is 0.778. The molecule has 1 aliphatic heterocycles. The van der Waals surface area contributed by atoms with Crippen LogP contribution in [0.4, 0.5) is 0 Å². The van der Waals surface area contributed by atoms with Crippen molar-refractivity contribution < 1.29 is 4.79 Å². The Bertz CT molecular complexity index is 475. The second kappa shape index (κ2) is 8.01. The third kappa shape index (κ3) is 4.25. The zero-order valence-electron chi connectivity index (χ0n) is 13.6. The van der Waals surface area contributed by atoms with E-state index in [1.54, 1.807) is 0 Å². The van der Waals surface area contributed by atoms with Crippen molar-refractivity contribution in [3.8, 4) is 0 Å². The maximum absolute atomic E-state index is 12.6. The van der Waals surface area contributed by atoms with Crippen LogP contribution in [0.3, 0.4) is 0 Å². The number of likely N-dealkylation sites (tertiary alicyclic amines) is 1.